The summed E-state index contributed by atoms with van der Waals surface area (Å²) in [6.45, 7) is 0. The molecule has 0 aliphatic carbocycles. The Bertz CT molecular complexity index is 101. The molecule has 1 heterocycles. The Labute approximate surface area is 48.8 Å². The predicted octanol–water partition coefficient (Wildman–Crippen LogP) is -0.389. The molecule has 0 saturated heterocycles. The molecule has 8 heavy (non-hydrogen) atoms. The van der Waals surface area contributed by atoms with Gasteiger partial charge in [-0.1, -0.05) is 0 Å². The summed E-state index contributed by atoms with van der Waals surface area (Å²) in [5.74, 6) is 0. The van der Waals surface area contributed by atoms with Crippen LogP contribution in [0.25, 0.3) is 0 Å². The van der Waals surface area contributed by atoms with Crippen molar-refractivity contribution in [3.05, 3.63) is 12.4 Å². The predicted molar refractivity (Wildman–Crippen MR) is 30.7 cm³/mol. The molecule has 1 aliphatic rings. The molecule has 3 heteroatoms. The van der Waals surface area contributed by atoms with E-state index in [9.17, 15) is 0 Å². The first-order chi connectivity index (χ1) is 3.72. The summed E-state index contributed by atoms with van der Waals surface area (Å²) in [7, 11) is 3.65. The summed E-state index contributed by atoms with van der Waals surface area (Å²) in [6.07, 6.45) is 3.19. The Morgan fingerprint density at radius 2 is 1.62 bits per heavy atom. The van der Waals surface area contributed by atoms with Gasteiger partial charge in [0, 0.05) is 26.5 Å². The second kappa shape index (κ2) is 1.67. The van der Waals surface area contributed by atoms with Gasteiger partial charge in [0.25, 0.3) is 0 Å². The fourth-order valence-corrected chi connectivity index (χ4v) is 0.652. The van der Waals surface area contributed by atoms with Crippen molar-refractivity contribution in [3.63, 3.8) is 0 Å². The lowest BCUT2D eigenvalue weighted by atomic mass is 10.8. The fourth-order valence-electron chi connectivity index (χ4n) is 0.652. The molecule has 0 saturated carbocycles. The van der Waals surface area contributed by atoms with Crippen LogP contribution >= 0.6 is 0 Å². The molecule has 1 N–H and O–H groups in total. The van der Waals surface area contributed by atoms with E-state index in [0.29, 0.717) is 0 Å². The fraction of sp³-hybridized carbons (Fsp3) is 0.600. The molecule has 1 aliphatic heterocycles. The molecular weight excluding hydrogens is 104 g/mol. The molecule has 0 aromatic heterocycles. The van der Waals surface area contributed by atoms with Crippen LogP contribution in [-0.2, 0) is 0 Å². The molecule has 0 aromatic carbocycles. The Morgan fingerprint density at radius 3 is 1.75 bits per heavy atom. The number of rotatable bonds is 0. The molecule has 0 atom stereocenters. The van der Waals surface area contributed by atoms with Gasteiger partial charge < -0.3 is 14.9 Å². The molecular formula is C5H10N2O. The molecule has 0 aromatic rings. The van der Waals surface area contributed by atoms with Crippen LogP contribution in [0, 0.1) is 0 Å². The highest BCUT2D eigenvalue weighted by molar-refractivity contribution is 4.88. The first kappa shape index (κ1) is 5.44. The summed E-state index contributed by atoms with van der Waals surface area (Å²) in [5, 5.41) is 9.06. The highest BCUT2D eigenvalue weighted by atomic mass is 16.3. The van der Waals surface area contributed by atoms with Gasteiger partial charge in [-0.25, -0.2) is 0 Å². The van der Waals surface area contributed by atoms with Gasteiger partial charge in [0.05, 0.1) is 0 Å². The van der Waals surface area contributed by atoms with Gasteiger partial charge >= 0.3 is 0 Å². The maximum absolute atomic E-state index is 9.06. The quantitative estimate of drug-likeness (QED) is 0.464. The van der Waals surface area contributed by atoms with Crippen LogP contribution in [0.5, 0.6) is 0 Å². The zero-order chi connectivity index (χ0) is 6.15. The zero-order valence-corrected chi connectivity index (χ0v) is 5.07. The maximum Gasteiger partial charge on any atom is 0.206 e. The number of hydrogen-bond donors (Lipinski definition) is 1. The Morgan fingerprint density at radius 1 is 1.25 bits per heavy atom. The van der Waals surface area contributed by atoms with Crippen molar-refractivity contribution in [1.29, 1.82) is 0 Å². The minimum Gasteiger partial charge on any atom is -0.356 e. The Kier molecular flexibility index (Phi) is 1.13. The van der Waals surface area contributed by atoms with Gasteiger partial charge in [-0.05, 0) is 0 Å². The molecule has 46 valence electrons. The van der Waals surface area contributed by atoms with Crippen LogP contribution in [0.3, 0.4) is 0 Å². The van der Waals surface area contributed by atoms with E-state index < -0.39 is 6.35 Å². The molecule has 0 radical (unpaired) electrons. The average Bonchev–Trinajstić information content (AvgIpc) is 1.98. The highest BCUT2D eigenvalue weighted by Crippen LogP contribution is 2.06. The summed E-state index contributed by atoms with van der Waals surface area (Å²) < 4.78 is 0. The number of aliphatic hydroxyl groups is 1. The molecule has 0 unspecified atom stereocenters. The van der Waals surface area contributed by atoms with Gasteiger partial charge in [-0.15, -0.1) is 0 Å². The van der Waals surface area contributed by atoms with Crippen LogP contribution in [0.15, 0.2) is 12.4 Å². The van der Waals surface area contributed by atoms with Crippen LogP contribution in [0.2, 0.25) is 0 Å². The molecule has 1 rings (SSSR count). The largest absolute Gasteiger partial charge is 0.356 e. The molecule has 0 fully saturated rings. The topological polar surface area (TPSA) is 26.7 Å². The third-order valence-corrected chi connectivity index (χ3v) is 1.27. The number of nitrogens with zero attached hydrogens (tertiary/aromatic N) is 2. The molecule has 0 amide bonds. The van der Waals surface area contributed by atoms with E-state index in [2.05, 4.69) is 0 Å². The third-order valence-electron chi connectivity index (χ3n) is 1.27. The van der Waals surface area contributed by atoms with Gasteiger partial charge in [0.1, 0.15) is 0 Å². The van der Waals surface area contributed by atoms with Crippen LogP contribution in [-0.4, -0.2) is 35.4 Å². The molecule has 3 nitrogen and oxygen atoms in total. The number of aliphatic hydroxyl groups excluding tert-OH is 1. The van der Waals surface area contributed by atoms with Crippen molar-refractivity contribution in [2.75, 3.05) is 14.1 Å². The second-order valence-corrected chi connectivity index (χ2v) is 1.98. The van der Waals surface area contributed by atoms with Gasteiger partial charge in [-0.2, -0.15) is 0 Å². The summed E-state index contributed by atoms with van der Waals surface area (Å²) in [5.41, 5.74) is 0. The van der Waals surface area contributed by atoms with E-state index in [1.165, 1.54) is 0 Å². The monoisotopic (exact) mass is 114 g/mol. The van der Waals surface area contributed by atoms with E-state index in [-0.39, 0.29) is 0 Å². The van der Waals surface area contributed by atoms with E-state index in [1.807, 2.05) is 26.5 Å². The molecule has 0 bridgehead atoms. The van der Waals surface area contributed by atoms with Crippen LogP contribution in [0.1, 0.15) is 0 Å². The Hall–Kier alpha value is -0.700. The van der Waals surface area contributed by atoms with E-state index in [4.69, 9.17) is 5.11 Å². The van der Waals surface area contributed by atoms with Gasteiger partial charge in [-0.3, -0.25) is 0 Å². The van der Waals surface area contributed by atoms with Crippen LogP contribution < -0.4 is 0 Å². The zero-order valence-electron chi connectivity index (χ0n) is 5.07. The third kappa shape index (κ3) is 0.648. The average molecular weight is 114 g/mol. The first-order valence-corrected chi connectivity index (χ1v) is 2.52. The lowest BCUT2D eigenvalue weighted by Crippen LogP contribution is -2.33. The lowest BCUT2D eigenvalue weighted by molar-refractivity contribution is -0.0237. The van der Waals surface area contributed by atoms with Crippen molar-refractivity contribution in [3.8, 4) is 0 Å². The minimum absolute atomic E-state index is 0.463. The number of hydrogen-bond acceptors (Lipinski definition) is 3. The van der Waals surface area contributed by atoms with Crippen molar-refractivity contribution >= 4 is 0 Å². The Balaban J connectivity index is 2.55. The van der Waals surface area contributed by atoms with E-state index in [0.717, 1.165) is 0 Å². The van der Waals surface area contributed by atoms with Crippen molar-refractivity contribution in [1.82, 2.24) is 9.80 Å². The lowest BCUT2D eigenvalue weighted by Gasteiger charge is -2.20. The van der Waals surface area contributed by atoms with Gasteiger partial charge in [0.2, 0.25) is 6.35 Å². The normalized spacial score (nSPS) is 20.9. The van der Waals surface area contributed by atoms with Crippen molar-refractivity contribution in [2.24, 2.45) is 0 Å². The van der Waals surface area contributed by atoms with Crippen molar-refractivity contribution in [2.45, 2.75) is 6.35 Å². The maximum atomic E-state index is 9.06. The summed E-state index contributed by atoms with van der Waals surface area (Å²) >= 11 is 0. The second-order valence-electron chi connectivity index (χ2n) is 1.98. The molecule has 0 spiro atoms. The minimum atomic E-state index is -0.463. The van der Waals surface area contributed by atoms with E-state index in [1.54, 1.807) is 9.80 Å². The van der Waals surface area contributed by atoms with Gasteiger partial charge in [0.15, 0.2) is 0 Å². The summed E-state index contributed by atoms with van der Waals surface area (Å²) in [4.78, 5) is 3.44. The summed E-state index contributed by atoms with van der Waals surface area (Å²) in [6, 6.07) is 0. The standard InChI is InChI=1S/C5H10N2O/c1-6-3-4-7(2)5(6)8/h3-5,8H,1-2H3. The van der Waals surface area contributed by atoms with Crippen LogP contribution in [0.4, 0.5) is 0 Å². The van der Waals surface area contributed by atoms with E-state index >= 15 is 0 Å². The van der Waals surface area contributed by atoms with Crippen molar-refractivity contribution < 1.29 is 5.11 Å². The first-order valence-electron chi connectivity index (χ1n) is 2.52. The highest BCUT2D eigenvalue weighted by Gasteiger charge is 2.15. The SMILES string of the molecule is CN1C=CN(C)C1O. The smallest absolute Gasteiger partial charge is 0.206 e.